The summed E-state index contributed by atoms with van der Waals surface area (Å²) in [5.74, 6) is -5.12. The van der Waals surface area contributed by atoms with Crippen LogP contribution in [-0.2, 0) is 14.3 Å². The minimum absolute atomic E-state index is 0.0890. The number of carbonyl (C=O) groups excluding carboxylic acids is 2. The number of aliphatic hydroxyl groups excluding tert-OH is 2. The van der Waals surface area contributed by atoms with Crippen LogP contribution in [0.4, 0.5) is 8.78 Å². The summed E-state index contributed by atoms with van der Waals surface area (Å²) in [5, 5.41) is 20.7. The molecule has 0 aromatic carbocycles. The second-order valence-electron chi connectivity index (χ2n) is 10.0. The summed E-state index contributed by atoms with van der Waals surface area (Å²) in [6.45, 7) is 5.66. The second kappa shape index (κ2) is 16.4. The Morgan fingerprint density at radius 3 is 2.32 bits per heavy atom. The maximum absolute atomic E-state index is 14.2. The Balaban J connectivity index is 2.37. The van der Waals surface area contributed by atoms with Crippen LogP contribution in [0.1, 0.15) is 111 Å². The van der Waals surface area contributed by atoms with Crippen molar-refractivity contribution in [1.82, 2.24) is 0 Å². The molecule has 0 aliphatic heterocycles. The van der Waals surface area contributed by atoms with Crippen molar-refractivity contribution in [1.29, 1.82) is 0 Å². The summed E-state index contributed by atoms with van der Waals surface area (Å²) < 4.78 is 33.4. The van der Waals surface area contributed by atoms with E-state index in [0.29, 0.717) is 25.7 Å². The third-order valence-electron chi connectivity index (χ3n) is 6.67. The highest BCUT2D eigenvalue weighted by molar-refractivity contribution is 5.85. The Bertz CT molecular complexity index is 620. The summed E-state index contributed by atoms with van der Waals surface area (Å²) in [5.41, 5.74) is 0. The van der Waals surface area contributed by atoms with Gasteiger partial charge < -0.3 is 14.9 Å². The largest absolute Gasteiger partial charge is 0.463 e. The number of Topliss-reactive ketones (excluding diaryl/α,β-unsaturated/α-hetero) is 1. The van der Waals surface area contributed by atoms with Gasteiger partial charge in [-0.2, -0.15) is 8.78 Å². The maximum atomic E-state index is 14.2. The lowest BCUT2D eigenvalue weighted by Gasteiger charge is -2.23. The van der Waals surface area contributed by atoms with Gasteiger partial charge in [0.15, 0.2) is 0 Å². The number of hydrogen-bond donors (Lipinski definition) is 2. The van der Waals surface area contributed by atoms with Crippen LogP contribution < -0.4 is 0 Å². The van der Waals surface area contributed by atoms with Crippen molar-refractivity contribution in [2.24, 2.45) is 11.8 Å². The van der Waals surface area contributed by atoms with E-state index in [4.69, 9.17) is 4.74 Å². The number of ether oxygens (including phenoxy) is 1. The van der Waals surface area contributed by atoms with E-state index in [2.05, 4.69) is 0 Å². The monoisotopic (exact) mass is 488 g/mol. The van der Waals surface area contributed by atoms with Gasteiger partial charge in [-0.25, -0.2) is 0 Å². The molecule has 1 saturated carbocycles. The summed E-state index contributed by atoms with van der Waals surface area (Å²) in [6.07, 6.45) is 9.48. The molecule has 1 fully saturated rings. The van der Waals surface area contributed by atoms with Crippen LogP contribution in [0.15, 0.2) is 12.2 Å². The molecular formula is C27H46F2O5. The number of allylic oxidation sites excluding steroid dienone is 2. The summed E-state index contributed by atoms with van der Waals surface area (Å²) in [7, 11) is 0. The normalized spacial score (nSPS) is 23.2. The van der Waals surface area contributed by atoms with E-state index in [1.807, 2.05) is 32.9 Å². The number of unbranched alkanes of at least 4 members (excludes halogenated alkanes) is 6. The molecule has 1 rings (SSSR count). The van der Waals surface area contributed by atoms with Crippen molar-refractivity contribution in [2.75, 3.05) is 0 Å². The zero-order chi connectivity index (χ0) is 25.6. The molecule has 0 spiro atoms. The summed E-state index contributed by atoms with van der Waals surface area (Å²) in [4.78, 5) is 23.6. The van der Waals surface area contributed by atoms with Gasteiger partial charge in [-0.15, -0.1) is 0 Å². The molecule has 7 heteroatoms. The highest BCUT2D eigenvalue weighted by Crippen LogP contribution is 2.39. The van der Waals surface area contributed by atoms with Crippen LogP contribution in [0.3, 0.4) is 0 Å². The van der Waals surface area contributed by atoms with Gasteiger partial charge in [0.1, 0.15) is 0 Å². The Morgan fingerprint density at radius 2 is 1.65 bits per heavy atom. The molecule has 0 saturated heterocycles. The first-order valence-corrected chi connectivity index (χ1v) is 13.2. The number of aliphatic hydroxyl groups is 2. The number of ketones is 1. The van der Waals surface area contributed by atoms with E-state index in [-0.39, 0.29) is 43.2 Å². The predicted molar refractivity (Wildman–Crippen MR) is 130 cm³/mol. The van der Waals surface area contributed by atoms with E-state index in [9.17, 15) is 28.6 Å². The number of carbonyl (C=O) groups is 2. The quantitative estimate of drug-likeness (QED) is 0.137. The molecule has 1 aliphatic carbocycles. The first-order valence-electron chi connectivity index (χ1n) is 13.2. The van der Waals surface area contributed by atoms with Gasteiger partial charge in [0.2, 0.25) is 5.78 Å². The lowest BCUT2D eigenvalue weighted by atomic mass is 9.85. The molecular weight excluding hydrogens is 442 g/mol. The molecule has 5 nitrogen and oxygen atoms in total. The predicted octanol–water partition coefficient (Wildman–Crippen LogP) is 6.15. The minimum Gasteiger partial charge on any atom is -0.463 e. The Morgan fingerprint density at radius 1 is 0.971 bits per heavy atom. The van der Waals surface area contributed by atoms with Crippen molar-refractivity contribution >= 4 is 11.8 Å². The maximum Gasteiger partial charge on any atom is 0.306 e. The van der Waals surface area contributed by atoms with Crippen LogP contribution in [0, 0.1) is 11.8 Å². The van der Waals surface area contributed by atoms with Crippen LogP contribution in [0.25, 0.3) is 0 Å². The topological polar surface area (TPSA) is 83.8 Å². The molecule has 34 heavy (non-hydrogen) atoms. The number of rotatable bonds is 18. The van der Waals surface area contributed by atoms with Crippen LogP contribution >= 0.6 is 0 Å². The summed E-state index contributed by atoms with van der Waals surface area (Å²) in [6, 6.07) is 0. The highest BCUT2D eigenvalue weighted by Gasteiger charge is 2.43. The standard InChI is InChI=1S/C27H46F2O5/c1-4-5-6-13-18-27(28,29)25(32)17-16-22-21(23(30)19-24(22)31)14-11-9-7-8-10-12-15-26(33)34-20(2)3/h9,11,20-24,30-31H,4-8,10,12-19H2,1-3H3/b11-9+. The molecule has 0 heterocycles. The number of alkyl halides is 2. The minimum atomic E-state index is -3.31. The molecule has 1 aliphatic rings. The molecule has 4 atom stereocenters. The van der Waals surface area contributed by atoms with E-state index < -0.39 is 30.3 Å². The van der Waals surface area contributed by atoms with Crippen LogP contribution in [0.2, 0.25) is 0 Å². The average molecular weight is 489 g/mol. The Labute approximate surface area is 204 Å². The molecule has 2 N–H and O–H groups in total. The van der Waals surface area contributed by atoms with Crippen LogP contribution in [0.5, 0.6) is 0 Å². The zero-order valence-corrected chi connectivity index (χ0v) is 21.3. The fraction of sp³-hybridized carbons (Fsp3) is 0.852. The van der Waals surface area contributed by atoms with Gasteiger partial charge in [-0.1, -0.05) is 44.8 Å². The van der Waals surface area contributed by atoms with Crippen molar-refractivity contribution < 1.29 is 33.3 Å². The highest BCUT2D eigenvalue weighted by atomic mass is 19.3. The van der Waals surface area contributed by atoms with Crippen LogP contribution in [-0.4, -0.2) is 46.2 Å². The third-order valence-corrected chi connectivity index (χ3v) is 6.67. The van der Waals surface area contributed by atoms with Gasteiger partial charge in [0.25, 0.3) is 0 Å². The summed E-state index contributed by atoms with van der Waals surface area (Å²) >= 11 is 0. The first kappa shape index (κ1) is 30.7. The zero-order valence-electron chi connectivity index (χ0n) is 21.3. The smallest absolute Gasteiger partial charge is 0.306 e. The first-order chi connectivity index (χ1) is 16.1. The van der Waals surface area contributed by atoms with E-state index in [1.54, 1.807) is 0 Å². The number of esters is 1. The van der Waals surface area contributed by atoms with E-state index in [0.717, 1.165) is 38.5 Å². The second-order valence-corrected chi connectivity index (χ2v) is 10.0. The van der Waals surface area contributed by atoms with Crippen molar-refractivity contribution in [3.8, 4) is 0 Å². The molecule has 198 valence electrons. The molecule has 0 radical (unpaired) electrons. The average Bonchev–Trinajstić information content (AvgIpc) is 3.02. The lowest BCUT2D eigenvalue weighted by Crippen LogP contribution is -2.30. The third kappa shape index (κ3) is 11.9. The SMILES string of the molecule is CCCCCCC(F)(F)C(=O)CCC1C(O)CC(O)C1C/C=C/CCCCCC(=O)OC(C)C. The van der Waals surface area contributed by atoms with Crippen molar-refractivity contribution in [2.45, 2.75) is 135 Å². The molecule has 0 amide bonds. The Hall–Kier alpha value is -1.34. The van der Waals surface area contributed by atoms with Crippen molar-refractivity contribution in [3.05, 3.63) is 12.2 Å². The fourth-order valence-electron chi connectivity index (χ4n) is 4.70. The van der Waals surface area contributed by atoms with Gasteiger partial charge >= 0.3 is 11.9 Å². The van der Waals surface area contributed by atoms with Gasteiger partial charge in [0, 0.05) is 19.3 Å². The number of hydrogen-bond acceptors (Lipinski definition) is 5. The Kier molecular flexibility index (Phi) is 14.8. The molecule has 4 unspecified atom stereocenters. The number of halogens is 2. The van der Waals surface area contributed by atoms with Gasteiger partial charge in [-0.05, 0) is 70.6 Å². The van der Waals surface area contributed by atoms with Gasteiger partial charge in [0.05, 0.1) is 18.3 Å². The molecule has 0 aromatic rings. The van der Waals surface area contributed by atoms with E-state index in [1.165, 1.54) is 0 Å². The molecule has 0 aromatic heterocycles. The fourth-order valence-corrected chi connectivity index (χ4v) is 4.70. The molecule has 0 bridgehead atoms. The van der Waals surface area contributed by atoms with Gasteiger partial charge in [-0.3, -0.25) is 9.59 Å². The van der Waals surface area contributed by atoms with E-state index >= 15 is 0 Å². The van der Waals surface area contributed by atoms with Crippen molar-refractivity contribution in [3.63, 3.8) is 0 Å². The lowest BCUT2D eigenvalue weighted by molar-refractivity contribution is -0.147.